The van der Waals surface area contributed by atoms with E-state index in [-0.39, 0.29) is 17.3 Å². The highest BCUT2D eigenvalue weighted by molar-refractivity contribution is 5.23. The molecule has 5 atom stereocenters. The van der Waals surface area contributed by atoms with Gasteiger partial charge < -0.3 is 15.3 Å². The Labute approximate surface area is 109 Å². The van der Waals surface area contributed by atoms with E-state index in [9.17, 15) is 15.3 Å². The summed E-state index contributed by atoms with van der Waals surface area (Å²) in [6, 6.07) is 0. The van der Waals surface area contributed by atoms with Crippen molar-refractivity contribution >= 4 is 0 Å². The van der Waals surface area contributed by atoms with E-state index in [0.717, 1.165) is 17.6 Å². The van der Waals surface area contributed by atoms with Gasteiger partial charge in [0.2, 0.25) is 0 Å². The van der Waals surface area contributed by atoms with E-state index >= 15 is 0 Å². The normalized spacial score (nSPS) is 44.0. The van der Waals surface area contributed by atoms with Crippen LogP contribution in [0.25, 0.3) is 0 Å². The van der Waals surface area contributed by atoms with E-state index < -0.39 is 18.3 Å². The first-order valence-electron chi connectivity index (χ1n) is 6.65. The summed E-state index contributed by atoms with van der Waals surface area (Å²) in [5, 5.41) is 30.7. The minimum absolute atomic E-state index is 0.0155. The molecule has 2 aliphatic rings. The van der Waals surface area contributed by atoms with Crippen LogP contribution in [0.15, 0.2) is 23.8 Å². The van der Waals surface area contributed by atoms with Crippen molar-refractivity contribution in [3.8, 4) is 0 Å². The SMILES string of the molecule is C=C1[C@H](O)CC=C(C)[C@@H](O)[C@@H](O)[C@H]2[C@@H]1CC2(C)C. The summed E-state index contributed by atoms with van der Waals surface area (Å²) in [6.45, 7) is 10.00. The molecule has 0 saturated heterocycles. The maximum absolute atomic E-state index is 10.4. The molecule has 0 aromatic rings. The van der Waals surface area contributed by atoms with Gasteiger partial charge in [0.1, 0.15) is 6.10 Å². The number of fused-ring (bicyclic) bond motifs is 1. The molecule has 0 aliphatic heterocycles. The van der Waals surface area contributed by atoms with Crippen molar-refractivity contribution in [1.29, 1.82) is 0 Å². The molecule has 18 heavy (non-hydrogen) atoms. The van der Waals surface area contributed by atoms with Gasteiger partial charge in [0, 0.05) is 0 Å². The lowest BCUT2D eigenvalue weighted by Crippen LogP contribution is -2.55. The fraction of sp³-hybridized carbons (Fsp3) is 0.733. The van der Waals surface area contributed by atoms with Gasteiger partial charge in [0.25, 0.3) is 0 Å². The van der Waals surface area contributed by atoms with Gasteiger partial charge in [-0.05, 0) is 48.2 Å². The second-order valence-corrected chi connectivity index (χ2v) is 6.53. The molecule has 1 fully saturated rings. The third-order valence-corrected chi connectivity index (χ3v) is 4.81. The van der Waals surface area contributed by atoms with E-state index in [1.165, 1.54) is 0 Å². The van der Waals surface area contributed by atoms with Gasteiger partial charge in [-0.15, -0.1) is 0 Å². The fourth-order valence-electron chi connectivity index (χ4n) is 3.56. The van der Waals surface area contributed by atoms with E-state index in [1.54, 1.807) is 6.92 Å². The third-order valence-electron chi connectivity index (χ3n) is 4.81. The van der Waals surface area contributed by atoms with Gasteiger partial charge in [-0.2, -0.15) is 0 Å². The number of hydrogen-bond acceptors (Lipinski definition) is 3. The molecule has 2 rings (SSSR count). The van der Waals surface area contributed by atoms with Crippen LogP contribution in [0.3, 0.4) is 0 Å². The Kier molecular flexibility index (Phi) is 3.43. The number of hydrogen-bond donors (Lipinski definition) is 3. The minimum atomic E-state index is -0.838. The average molecular weight is 252 g/mol. The summed E-state index contributed by atoms with van der Waals surface area (Å²) in [5.74, 6) is 0.0787. The lowest BCUT2D eigenvalue weighted by atomic mass is 9.51. The standard InChI is InChI=1S/C15H24O3/c1-8-5-6-11(16)9(2)10-7-15(3,4)12(10)14(18)13(8)17/h5,10-14,16-18H,2,6-7H2,1,3-4H3/t10-,11-,12-,13-,14+/m1/s1. The molecule has 0 amide bonds. The summed E-state index contributed by atoms with van der Waals surface area (Å²) >= 11 is 0. The first-order chi connectivity index (χ1) is 8.25. The fourth-order valence-corrected chi connectivity index (χ4v) is 3.56. The van der Waals surface area contributed by atoms with Crippen molar-refractivity contribution < 1.29 is 15.3 Å². The van der Waals surface area contributed by atoms with Gasteiger partial charge >= 0.3 is 0 Å². The Bertz CT molecular complexity index is 383. The Hall–Kier alpha value is -0.640. The van der Waals surface area contributed by atoms with Crippen LogP contribution >= 0.6 is 0 Å². The molecule has 0 aromatic heterocycles. The van der Waals surface area contributed by atoms with Gasteiger partial charge in [0.05, 0.1) is 12.2 Å². The lowest BCUT2D eigenvalue weighted by Gasteiger charge is -2.55. The molecule has 0 bridgehead atoms. The summed E-state index contributed by atoms with van der Waals surface area (Å²) in [6.07, 6.45) is 1.00. The zero-order chi connectivity index (χ0) is 13.7. The monoisotopic (exact) mass is 252 g/mol. The third kappa shape index (κ3) is 2.04. The molecule has 2 aliphatic carbocycles. The van der Waals surface area contributed by atoms with E-state index in [1.807, 2.05) is 6.08 Å². The maximum atomic E-state index is 10.4. The molecule has 3 nitrogen and oxygen atoms in total. The highest BCUT2D eigenvalue weighted by Gasteiger charge is 2.54. The minimum Gasteiger partial charge on any atom is -0.390 e. The smallest absolute Gasteiger partial charge is 0.101 e. The molecular formula is C15H24O3. The predicted octanol–water partition coefficient (Wildman–Crippen LogP) is 1.64. The van der Waals surface area contributed by atoms with Crippen molar-refractivity contribution in [2.24, 2.45) is 17.3 Å². The van der Waals surface area contributed by atoms with Crippen LogP contribution in [-0.4, -0.2) is 33.6 Å². The maximum Gasteiger partial charge on any atom is 0.101 e. The van der Waals surface area contributed by atoms with Gasteiger partial charge in [-0.3, -0.25) is 0 Å². The summed E-state index contributed by atoms with van der Waals surface area (Å²) in [7, 11) is 0. The molecule has 3 heteroatoms. The molecule has 0 radical (unpaired) electrons. The molecule has 0 spiro atoms. The largest absolute Gasteiger partial charge is 0.390 e. The molecule has 3 N–H and O–H groups in total. The molecule has 0 unspecified atom stereocenters. The van der Waals surface area contributed by atoms with Crippen LogP contribution < -0.4 is 0 Å². The zero-order valence-electron chi connectivity index (χ0n) is 11.4. The van der Waals surface area contributed by atoms with Gasteiger partial charge in [-0.1, -0.05) is 26.5 Å². The molecule has 1 saturated carbocycles. The second-order valence-electron chi connectivity index (χ2n) is 6.53. The first kappa shape index (κ1) is 13.8. The second kappa shape index (κ2) is 4.48. The Balaban J connectivity index is 2.35. The average Bonchev–Trinajstić information content (AvgIpc) is 2.31. The quantitative estimate of drug-likeness (QED) is 0.574. The Morgan fingerprint density at radius 1 is 1.28 bits per heavy atom. The molecule has 0 heterocycles. The number of aliphatic hydroxyl groups is 3. The Morgan fingerprint density at radius 3 is 2.44 bits per heavy atom. The topological polar surface area (TPSA) is 60.7 Å². The van der Waals surface area contributed by atoms with Gasteiger partial charge in [-0.25, -0.2) is 0 Å². The van der Waals surface area contributed by atoms with Crippen LogP contribution in [0.5, 0.6) is 0 Å². The molecular weight excluding hydrogens is 228 g/mol. The first-order valence-corrected chi connectivity index (χ1v) is 6.65. The van der Waals surface area contributed by atoms with Crippen molar-refractivity contribution in [2.75, 3.05) is 0 Å². The van der Waals surface area contributed by atoms with E-state index in [2.05, 4.69) is 20.4 Å². The number of rotatable bonds is 0. The van der Waals surface area contributed by atoms with E-state index in [0.29, 0.717) is 6.42 Å². The van der Waals surface area contributed by atoms with Crippen LogP contribution in [-0.2, 0) is 0 Å². The number of aliphatic hydroxyl groups excluding tert-OH is 3. The van der Waals surface area contributed by atoms with Crippen LogP contribution in [0.1, 0.15) is 33.6 Å². The molecule has 102 valence electrons. The predicted molar refractivity (Wildman–Crippen MR) is 70.9 cm³/mol. The highest BCUT2D eigenvalue weighted by atomic mass is 16.3. The van der Waals surface area contributed by atoms with Crippen molar-refractivity contribution in [3.05, 3.63) is 23.8 Å². The van der Waals surface area contributed by atoms with Crippen LogP contribution in [0.4, 0.5) is 0 Å². The molecule has 0 aromatic carbocycles. The summed E-state index contributed by atoms with van der Waals surface area (Å²) in [5.41, 5.74) is 1.52. The van der Waals surface area contributed by atoms with Crippen LogP contribution in [0, 0.1) is 17.3 Å². The highest BCUT2D eigenvalue weighted by Crippen LogP contribution is 2.56. The summed E-state index contributed by atoms with van der Waals surface area (Å²) < 4.78 is 0. The zero-order valence-corrected chi connectivity index (χ0v) is 11.4. The lowest BCUT2D eigenvalue weighted by molar-refractivity contribution is -0.118. The van der Waals surface area contributed by atoms with Crippen molar-refractivity contribution in [2.45, 2.75) is 51.9 Å². The van der Waals surface area contributed by atoms with Crippen molar-refractivity contribution in [3.63, 3.8) is 0 Å². The Morgan fingerprint density at radius 2 is 1.89 bits per heavy atom. The summed E-state index contributed by atoms with van der Waals surface area (Å²) in [4.78, 5) is 0. The van der Waals surface area contributed by atoms with Crippen LogP contribution in [0.2, 0.25) is 0 Å². The van der Waals surface area contributed by atoms with Gasteiger partial charge in [0.15, 0.2) is 0 Å². The van der Waals surface area contributed by atoms with Crippen molar-refractivity contribution in [1.82, 2.24) is 0 Å². The van der Waals surface area contributed by atoms with E-state index in [4.69, 9.17) is 0 Å².